The first-order valence-corrected chi connectivity index (χ1v) is 11.8. The third kappa shape index (κ3) is 3.96. The van der Waals surface area contributed by atoms with Gasteiger partial charge >= 0.3 is 0 Å². The summed E-state index contributed by atoms with van der Waals surface area (Å²) < 4.78 is 41.1. The molecule has 1 saturated carbocycles. The fourth-order valence-electron chi connectivity index (χ4n) is 6.11. The Kier molecular flexibility index (Phi) is 6.83. The number of hydrogen-bond acceptors (Lipinski definition) is 9. The van der Waals surface area contributed by atoms with Crippen molar-refractivity contribution in [1.82, 2.24) is 9.80 Å². The van der Waals surface area contributed by atoms with Gasteiger partial charge in [-0.05, 0) is 46.0 Å². The molecule has 1 aromatic carbocycles. The van der Waals surface area contributed by atoms with Gasteiger partial charge in [0.25, 0.3) is 12.3 Å². The van der Waals surface area contributed by atoms with Crippen molar-refractivity contribution in [3.05, 3.63) is 45.5 Å². The van der Waals surface area contributed by atoms with E-state index < -0.39 is 82.5 Å². The third-order valence-electron chi connectivity index (χ3n) is 7.67. The highest BCUT2D eigenvalue weighted by Crippen LogP contribution is 2.52. The van der Waals surface area contributed by atoms with Gasteiger partial charge in [-0.1, -0.05) is 0 Å². The molecule has 0 saturated heterocycles. The second-order valence-electron chi connectivity index (χ2n) is 10.3. The van der Waals surface area contributed by atoms with E-state index in [4.69, 9.17) is 11.1 Å². The number of likely N-dealkylation sites (N-methyl/N-ethyl adjacent to an activating group) is 1. The molecule has 4 atom stereocenters. The molecule has 3 aliphatic rings. The normalized spacial score (nSPS) is 27.3. The van der Waals surface area contributed by atoms with Crippen molar-refractivity contribution in [2.24, 2.45) is 17.6 Å². The summed E-state index contributed by atoms with van der Waals surface area (Å²) in [4.78, 5) is 28.4. The highest BCUT2D eigenvalue weighted by atomic mass is 19.3. The highest BCUT2D eigenvalue weighted by Gasteiger charge is 2.63. The number of nitrogens with zero attached hydrogens (tertiary/aromatic N) is 2. The number of alkyl halides is 2. The molecule has 0 aliphatic heterocycles. The molecule has 0 radical (unpaired) electrons. The molecule has 13 heteroatoms. The second kappa shape index (κ2) is 9.40. The van der Waals surface area contributed by atoms with Gasteiger partial charge in [0.1, 0.15) is 28.7 Å². The van der Waals surface area contributed by atoms with Crippen LogP contribution >= 0.6 is 0 Å². The Morgan fingerprint density at radius 3 is 2.45 bits per heavy atom. The van der Waals surface area contributed by atoms with Crippen LogP contribution in [0.2, 0.25) is 0 Å². The molecule has 0 spiro atoms. The lowest BCUT2D eigenvalue weighted by Crippen LogP contribution is -2.67. The molecular formula is C25H29F3N4O6. The fraction of sp³-hybridized carbons (Fsp3) is 0.480. The zero-order valence-electron chi connectivity index (χ0n) is 20.9. The van der Waals surface area contributed by atoms with E-state index in [1.807, 2.05) is 0 Å². The topological polar surface area (TPSA) is 171 Å². The third-order valence-corrected chi connectivity index (χ3v) is 7.67. The number of aliphatic hydroxyl groups excluding tert-OH is 2. The Balaban J connectivity index is 1.86. The van der Waals surface area contributed by atoms with Crippen molar-refractivity contribution in [3.63, 3.8) is 0 Å². The monoisotopic (exact) mass is 538 g/mol. The molecule has 4 rings (SSSR count). The molecule has 1 fully saturated rings. The Bertz CT molecular complexity index is 1310. The van der Waals surface area contributed by atoms with Gasteiger partial charge in [-0.15, -0.1) is 0 Å². The minimum Gasteiger partial charge on any atom is -0.510 e. The molecule has 0 bridgehead atoms. The largest absolute Gasteiger partial charge is 0.510 e. The number of Topliss-reactive ketones (excluding diaryl/α,β-unsaturated/α-hetero) is 1. The first-order chi connectivity index (χ1) is 17.6. The molecule has 10 nitrogen and oxygen atoms in total. The van der Waals surface area contributed by atoms with Crippen molar-refractivity contribution in [2.45, 2.75) is 37.5 Å². The summed E-state index contributed by atoms with van der Waals surface area (Å²) in [5.74, 6) is -7.20. The summed E-state index contributed by atoms with van der Waals surface area (Å²) in [6, 6.07) is -0.132. The van der Waals surface area contributed by atoms with E-state index >= 15 is 4.39 Å². The number of halogens is 3. The van der Waals surface area contributed by atoms with Crippen LogP contribution in [0, 0.1) is 23.1 Å². The summed E-state index contributed by atoms with van der Waals surface area (Å²) in [6.07, 6.45) is -2.97. The number of fused-ring (bicyclic) bond motifs is 3. The van der Waals surface area contributed by atoms with Gasteiger partial charge in [-0.3, -0.25) is 19.4 Å². The SMILES string of the molecule is CN(Cc1cc(O)c2c(c1F)C[C@H]1C[C@H]3[C@H](N(C)C)C(O)=C(C(N)=O)C(=N)[C@@]3(O)C(=O)C1=C2O)CC(F)F. The van der Waals surface area contributed by atoms with Gasteiger partial charge in [-0.2, -0.15) is 0 Å². The van der Waals surface area contributed by atoms with Gasteiger partial charge in [0.2, 0.25) is 5.78 Å². The number of benzene rings is 1. The predicted molar refractivity (Wildman–Crippen MR) is 129 cm³/mol. The minimum absolute atomic E-state index is 0.0865. The van der Waals surface area contributed by atoms with E-state index in [1.54, 1.807) is 0 Å². The Labute approximate surface area is 216 Å². The van der Waals surface area contributed by atoms with Gasteiger partial charge in [0.05, 0.1) is 23.9 Å². The number of aliphatic hydroxyl groups is 3. The number of hydrogen-bond donors (Lipinski definition) is 6. The number of phenolic OH excluding ortho intramolecular Hbond substituents is 1. The lowest BCUT2D eigenvalue weighted by atomic mass is 9.57. The Morgan fingerprint density at radius 2 is 1.89 bits per heavy atom. The fourth-order valence-corrected chi connectivity index (χ4v) is 6.11. The van der Waals surface area contributed by atoms with Gasteiger partial charge in [0, 0.05) is 29.2 Å². The number of phenols is 1. The zero-order valence-corrected chi connectivity index (χ0v) is 20.9. The number of nitrogens with one attached hydrogen (secondary N) is 1. The number of primary amides is 1. The smallest absolute Gasteiger partial charge is 0.254 e. The number of aromatic hydroxyl groups is 1. The second-order valence-corrected chi connectivity index (χ2v) is 10.3. The van der Waals surface area contributed by atoms with Crippen LogP contribution in [0.25, 0.3) is 5.76 Å². The molecule has 1 aromatic rings. The zero-order chi connectivity index (χ0) is 28.4. The number of rotatable bonds is 6. The van der Waals surface area contributed by atoms with Crippen LogP contribution in [-0.2, 0) is 22.6 Å². The molecule has 0 aromatic heterocycles. The van der Waals surface area contributed by atoms with Gasteiger partial charge in [0.15, 0.2) is 5.60 Å². The number of nitrogens with two attached hydrogens (primary N) is 1. The van der Waals surface area contributed by atoms with Crippen LogP contribution in [0.15, 0.2) is 23.0 Å². The van der Waals surface area contributed by atoms with Crippen LogP contribution in [0.1, 0.15) is 23.1 Å². The maximum Gasteiger partial charge on any atom is 0.254 e. The number of amides is 1. The van der Waals surface area contributed by atoms with Crippen LogP contribution in [0.5, 0.6) is 5.75 Å². The summed E-state index contributed by atoms with van der Waals surface area (Å²) >= 11 is 0. The summed E-state index contributed by atoms with van der Waals surface area (Å²) in [5.41, 5.74) is 0.158. The summed E-state index contributed by atoms with van der Waals surface area (Å²) in [5, 5.41) is 52.6. The van der Waals surface area contributed by atoms with Crippen molar-refractivity contribution in [1.29, 1.82) is 5.41 Å². The standard InChI is InChI=1S/C25H29F3N4O6/c1-31(2)19-12-5-9-4-11-16(13(33)6-10(18(11)28)7-32(3)8-14(26)27)20(34)15(9)23(36)25(12,38)22(29)17(21(19)35)24(30)37/h6,9,12,14,19,29,33-35,38H,4-5,7-8H2,1-3H3,(H2,30,37)/t9-,12-,19-,25+/m0/s1. The number of carbonyl (C=O) groups is 2. The Morgan fingerprint density at radius 1 is 1.26 bits per heavy atom. The highest BCUT2D eigenvalue weighted by molar-refractivity contribution is 6.33. The molecule has 38 heavy (non-hydrogen) atoms. The van der Waals surface area contributed by atoms with Crippen LogP contribution in [0.3, 0.4) is 0 Å². The number of ketones is 1. The van der Waals surface area contributed by atoms with Crippen molar-refractivity contribution in [2.75, 3.05) is 27.7 Å². The predicted octanol–water partition coefficient (Wildman–Crippen LogP) is 1.25. The van der Waals surface area contributed by atoms with E-state index in [0.29, 0.717) is 0 Å². The minimum atomic E-state index is -2.66. The van der Waals surface area contributed by atoms with Crippen molar-refractivity contribution in [3.8, 4) is 5.75 Å². The molecule has 206 valence electrons. The van der Waals surface area contributed by atoms with E-state index in [1.165, 1.54) is 30.9 Å². The first kappa shape index (κ1) is 27.6. The average Bonchev–Trinajstić information content (AvgIpc) is 2.78. The Hall–Kier alpha value is -3.42. The van der Waals surface area contributed by atoms with E-state index in [2.05, 4.69) is 0 Å². The van der Waals surface area contributed by atoms with E-state index in [9.17, 15) is 38.8 Å². The molecule has 3 aliphatic carbocycles. The van der Waals surface area contributed by atoms with Gasteiger partial charge < -0.3 is 31.6 Å². The number of carbonyl (C=O) groups excluding carboxylic acids is 2. The molecule has 1 amide bonds. The lowest BCUT2D eigenvalue weighted by Gasteiger charge is -2.51. The molecular weight excluding hydrogens is 509 g/mol. The maximum absolute atomic E-state index is 15.6. The van der Waals surface area contributed by atoms with Gasteiger partial charge in [-0.25, -0.2) is 13.2 Å². The quantitative estimate of drug-likeness (QED) is 0.314. The van der Waals surface area contributed by atoms with Crippen LogP contribution in [-0.4, -0.2) is 93.4 Å². The molecule has 0 unspecified atom stereocenters. The first-order valence-electron chi connectivity index (χ1n) is 11.8. The lowest BCUT2D eigenvalue weighted by molar-refractivity contribution is -0.138. The average molecular weight is 539 g/mol. The van der Waals surface area contributed by atoms with Crippen molar-refractivity contribution >= 4 is 23.2 Å². The van der Waals surface area contributed by atoms with Crippen LogP contribution in [0.4, 0.5) is 13.2 Å². The molecule has 0 heterocycles. The van der Waals surface area contributed by atoms with E-state index in [0.717, 1.165) is 6.07 Å². The van der Waals surface area contributed by atoms with Crippen LogP contribution < -0.4 is 5.73 Å². The van der Waals surface area contributed by atoms with Crippen molar-refractivity contribution < 1.29 is 43.2 Å². The summed E-state index contributed by atoms with van der Waals surface area (Å²) in [7, 11) is 4.41. The summed E-state index contributed by atoms with van der Waals surface area (Å²) in [6.45, 7) is -0.888. The molecule has 7 N–H and O–H groups in total. The maximum atomic E-state index is 15.6. The van der Waals surface area contributed by atoms with E-state index in [-0.39, 0.29) is 41.6 Å².